The summed E-state index contributed by atoms with van der Waals surface area (Å²) in [4.78, 5) is 12.8. The van der Waals surface area contributed by atoms with Crippen LogP contribution in [0.5, 0.6) is 0 Å². The first kappa shape index (κ1) is 17.3. The summed E-state index contributed by atoms with van der Waals surface area (Å²) in [6.07, 6.45) is 3.53. The second kappa shape index (κ2) is 7.67. The minimum atomic E-state index is -0.326. The molecule has 1 aliphatic rings. The van der Waals surface area contributed by atoms with Crippen molar-refractivity contribution in [3.63, 3.8) is 0 Å². The third-order valence-electron chi connectivity index (χ3n) is 5.14. The van der Waals surface area contributed by atoms with Gasteiger partial charge in [0.25, 0.3) is 0 Å². The van der Waals surface area contributed by atoms with E-state index in [1.54, 1.807) is 0 Å². The summed E-state index contributed by atoms with van der Waals surface area (Å²) >= 11 is 0. The number of benzene rings is 3. The summed E-state index contributed by atoms with van der Waals surface area (Å²) in [6, 6.07) is 24.1. The van der Waals surface area contributed by atoms with Crippen LogP contribution in [0.2, 0.25) is 0 Å². The lowest BCUT2D eigenvalue weighted by molar-refractivity contribution is -0.116. The van der Waals surface area contributed by atoms with Gasteiger partial charge in [0, 0.05) is 16.9 Å². The van der Waals surface area contributed by atoms with Crippen LogP contribution in [0.1, 0.15) is 24.5 Å². The molecule has 0 aliphatic heterocycles. The maximum absolute atomic E-state index is 12.8. The third kappa shape index (κ3) is 3.87. The minimum absolute atomic E-state index is 0.0427. The summed E-state index contributed by atoms with van der Waals surface area (Å²) in [5.41, 5.74) is 6.80. The number of para-hydroxylation sites is 1. The molecule has 0 heterocycles. The quantitative estimate of drug-likeness (QED) is 0.653. The van der Waals surface area contributed by atoms with E-state index in [-0.39, 0.29) is 11.9 Å². The van der Waals surface area contributed by atoms with Crippen LogP contribution < -0.4 is 10.6 Å². The van der Waals surface area contributed by atoms with E-state index < -0.39 is 0 Å². The van der Waals surface area contributed by atoms with Crippen molar-refractivity contribution in [3.8, 4) is 11.1 Å². The first-order valence-electron chi connectivity index (χ1n) is 9.54. The van der Waals surface area contributed by atoms with Crippen LogP contribution in [0.15, 0.2) is 72.8 Å². The Kier molecular flexibility index (Phi) is 4.93. The van der Waals surface area contributed by atoms with Gasteiger partial charge in [-0.1, -0.05) is 54.6 Å². The van der Waals surface area contributed by atoms with Gasteiger partial charge >= 0.3 is 0 Å². The lowest BCUT2D eigenvalue weighted by Crippen LogP contribution is -2.32. The van der Waals surface area contributed by atoms with Gasteiger partial charge < -0.3 is 10.6 Å². The van der Waals surface area contributed by atoms with Crippen LogP contribution in [0.3, 0.4) is 0 Å². The fourth-order valence-corrected chi connectivity index (χ4v) is 3.68. The van der Waals surface area contributed by atoms with Gasteiger partial charge in [-0.05, 0) is 61.1 Å². The van der Waals surface area contributed by atoms with E-state index in [9.17, 15) is 4.79 Å². The fourth-order valence-electron chi connectivity index (χ4n) is 3.68. The maximum atomic E-state index is 12.8. The second-order valence-corrected chi connectivity index (χ2v) is 7.10. The molecule has 3 heteroatoms. The molecule has 1 aliphatic carbocycles. The molecule has 3 aromatic carbocycles. The number of nitrogens with one attached hydrogen (secondary N) is 2. The monoisotopic (exact) mass is 356 g/mol. The van der Waals surface area contributed by atoms with Crippen LogP contribution in [0.4, 0.5) is 11.4 Å². The second-order valence-electron chi connectivity index (χ2n) is 7.10. The van der Waals surface area contributed by atoms with E-state index in [4.69, 9.17) is 0 Å². The first-order chi connectivity index (χ1) is 13.2. The average Bonchev–Trinajstić information content (AvgIpc) is 3.17. The van der Waals surface area contributed by atoms with Gasteiger partial charge in [-0.2, -0.15) is 0 Å². The molecule has 1 amide bonds. The Balaban J connectivity index is 1.48. The molecule has 3 nitrogen and oxygen atoms in total. The van der Waals surface area contributed by atoms with Gasteiger partial charge in [0.1, 0.15) is 6.04 Å². The smallest absolute Gasteiger partial charge is 0.246 e. The molecule has 0 unspecified atom stereocenters. The molecular formula is C24H24N2O. The largest absolute Gasteiger partial charge is 0.374 e. The third-order valence-corrected chi connectivity index (χ3v) is 5.14. The Hall–Kier alpha value is -3.07. The zero-order valence-electron chi connectivity index (χ0n) is 15.5. The normalized spacial score (nSPS) is 13.7. The van der Waals surface area contributed by atoms with Crippen molar-refractivity contribution in [1.29, 1.82) is 0 Å². The summed E-state index contributed by atoms with van der Waals surface area (Å²) in [6.45, 7) is 1.90. The number of carbonyl (C=O) groups excluding carboxylic acids is 1. The van der Waals surface area contributed by atoms with Crippen molar-refractivity contribution in [2.45, 2.75) is 32.2 Å². The highest BCUT2D eigenvalue weighted by atomic mass is 16.2. The van der Waals surface area contributed by atoms with E-state index in [1.807, 2.05) is 49.4 Å². The molecule has 0 radical (unpaired) electrons. The first-order valence-corrected chi connectivity index (χ1v) is 9.54. The minimum Gasteiger partial charge on any atom is -0.374 e. The Morgan fingerprint density at radius 2 is 1.63 bits per heavy atom. The van der Waals surface area contributed by atoms with E-state index in [2.05, 4.69) is 41.0 Å². The van der Waals surface area contributed by atoms with E-state index in [0.717, 1.165) is 28.9 Å². The van der Waals surface area contributed by atoms with E-state index in [1.165, 1.54) is 24.0 Å². The zero-order chi connectivity index (χ0) is 18.6. The molecule has 0 spiro atoms. The van der Waals surface area contributed by atoms with Gasteiger partial charge in [-0.25, -0.2) is 0 Å². The van der Waals surface area contributed by atoms with Crippen LogP contribution >= 0.6 is 0 Å². The summed E-state index contributed by atoms with van der Waals surface area (Å²) in [7, 11) is 0. The molecule has 4 rings (SSSR count). The van der Waals surface area contributed by atoms with Gasteiger partial charge in [0.05, 0.1) is 0 Å². The zero-order valence-corrected chi connectivity index (χ0v) is 15.5. The highest BCUT2D eigenvalue weighted by Crippen LogP contribution is 2.28. The number of carbonyl (C=O) groups is 1. The topological polar surface area (TPSA) is 41.1 Å². The van der Waals surface area contributed by atoms with Crippen molar-refractivity contribution in [3.05, 3.63) is 83.9 Å². The van der Waals surface area contributed by atoms with Crippen molar-refractivity contribution in [2.24, 2.45) is 0 Å². The molecule has 0 aromatic heterocycles. The predicted octanol–water partition coefficient (Wildman–Crippen LogP) is 5.28. The molecule has 0 bridgehead atoms. The van der Waals surface area contributed by atoms with Crippen molar-refractivity contribution < 1.29 is 4.79 Å². The summed E-state index contributed by atoms with van der Waals surface area (Å²) < 4.78 is 0. The predicted molar refractivity (Wildman–Crippen MR) is 112 cm³/mol. The van der Waals surface area contributed by atoms with Crippen LogP contribution in [0.25, 0.3) is 11.1 Å². The Bertz CT molecular complexity index is 950. The van der Waals surface area contributed by atoms with E-state index in [0.29, 0.717) is 0 Å². The van der Waals surface area contributed by atoms with E-state index >= 15 is 0 Å². The Morgan fingerprint density at radius 3 is 2.48 bits per heavy atom. The number of aryl methyl sites for hydroxylation is 2. The number of anilines is 2. The lowest BCUT2D eigenvalue weighted by atomic mass is 10.0. The molecule has 2 N–H and O–H groups in total. The molecule has 0 fully saturated rings. The number of hydrogen-bond donors (Lipinski definition) is 2. The van der Waals surface area contributed by atoms with Gasteiger partial charge in [-0.15, -0.1) is 0 Å². The highest BCUT2D eigenvalue weighted by Gasteiger charge is 2.16. The lowest BCUT2D eigenvalue weighted by Gasteiger charge is -2.18. The molecule has 1 atom stereocenters. The Labute approximate surface area is 160 Å². The van der Waals surface area contributed by atoms with Gasteiger partial charge in [0.2, 0.25) is 5.91 Å². The maximum Gasteiger partial charge on any atom is 0.246 e. The van der Waals surface area contributed by atoms with Crippen molar-refractivity contribution in [2.75, 3.05) is 10.6 Å². The van der Waals surface area contributed by atoms with Crippen molar-refractivity contribution >= 4 is 17.3 Å². The summed E-state index contributed by atoms with van der Waals surface area (Å²) in [5, 5.41) is 6.42. The number of fused-ring (bicyclic) bond motifs is 1. The standard InChI is InChI=1S/C24H24N2O/c1-17(25-21-15-14-18-10-7-11-20(18)16-21)24(27)26-23-13-6-5-12-22(23)19-8-3-2-4-9-19/h2-6,8-9,12-17,25H,7,10-11H2,1H3,(H,26,27)/t17-/m0/s1. The fraction of sp³-hybridized carbons (Fsp3) is 0.208. The summed E-state index contributed by atoms with van der Waals surface area (Å²) in [5.74, 6) is -0.0427. The molecule has 27 heavy (non-hydrogen) atoms. The SMILES string of the molecule is C[C@H](Nc1ccc2c(c1)CCC2)C(=O)Nc1ccccc1-c1ccccc1. The number of rotatable bonds is 5. The highest BCUT2D eigenvalue weighted by molar-refractivity contribution is 5.99. The molecule has 3 aromatic rings. The molecule has 0 saturated carbocycles. The molecule has 136 valence electrons. The average molecular weight is 356 g/mol. The number of hydrogen-bond acceptors (Lipinski definition) is 2. The molecular weight excluding hydrogens is 332 g/mol. The van der Waals surface area contributed by atoms with Crippen molar-refractivity contribution in [1.82, 2.24) is 0 Å². The van der Waals surface area contributed by atoms with Gasteiger partial charge in [-0.3, -0.25) is 4.79 Å². The van der Waals surface area contributed by atoms with Crippen LogP contribution in [-0.4, -0.2) is 11.9 Å². The molecule has 0 saturated heterocycles. The van der Waals surface area contributed by atoms with Crippen LogP contribution in [-0.2, 0) is 17.6 Å². The Morgan fingerprint density at radius 1 is 0.889 bits per heavy atom. The van der Waals surface area contributed by atoms with Gasteiger partial charge in [0.15, 0.2) is 0 Å². The number of amides is 1. The van der Waals surface area contributed by atoms with Crippen LogP contribution in [0, 0.1) is 0 Å².